The molecule has 3 heterocycles. The summed E-state index contributed by atoms with van der Waals surface area (Å²) in [5, 5.41) is 8.28. The molecule has 0 aliphatic carbocycles. The average Bonchev–Trinajstić information content (AvgIpc) is 3.49. The molecular weight excluding hydrogens is 408 g/mol. The summed E-state index contributed by atoms with van der Waals surface area (Å²) in [6.07, 6.45) is 4.83. The number of anilines is 1. The fourth-order valence-electron chi connectivity index (χ4n) is 3.06. The van der Waals surface area contributed by atoms with Crippen LogP contribution in [-0.4, -0.2) is 30.6 Å². The van der Waals surface area contributed by atoms with Crippen molar-refractivity contribution in [2.75, 3.05) is 5.32 Å². The van der Waals surface area contributed by atoms with Crippen LogP contribution in [0.3, 0.4) is 0 Å². The third-order valence-electron chi connectivity index (χ3n) is 4.51. The van der Waals surface area contributed by atoms with E-state index in [9.17, 15) is 4.79 Å². The van der Waals surface area contributed by atoms with Gasteiger partial charge in [-0.2, -0.15) is 5.10 Å². The highest BCUT2D eigenvalue weighted by molar-refractivity contribution is 7.16. The lowest BCUT2D eigenvalue weighted by Crippen LogP contribution is -2.13. The second-order valence-electron chi connectivity index (χ2n) is 6.58. The van der Waals surface area contributed by atoms with E-state index in [4.69, 9.17) is 5.10 Å². The Labute approximate surface area is 182 Å². The Morgan fingerprint density at radius 2 is 1.58 bits per heavy atom. The Morgan fingerprint density at radius 3 is 2.32 bits per heavy atom. The van der Waals surface area contributed by atoms with Crippen molar-refractivity contribution < 1.29 is 4.79 Å². The normalized spacial score (nSPS) is 10.7. The number of hydrogen-bond donors (Lipinski definition) is 1. The van der Waals surface area contributed by atoms with Gasteiger partial charge in [-0.15, -0.1) is 11.3 Å². The lowest BCUT2D eigenvalue weighted by molar-refractivity contribution is 0.102. The maximum Gasteiger partial charge on any atom is 0.268 e. The van der Waals surface area contributed by atoms with Gasteiger partial charge in [-0.1, -0.05) is 48.5 Å². The Morgan fingerprint density at radius 1 is 0.871 bits per heavy atom. The minimum atomic E-state index is -0.267. The number of thiazole rings is 1. The van der Waals surface area contributed by atoms with Crippen molar-refractivity contribution in [1.29, 1.82) is 0 Å². The molecule has 0 radical (unpaired) electrons. The molecule has 8 heteroatoms. The van der Waals surface area contributed by atoms with Crippen molar-refractivity contribution >= 4 is 23.1 Å². The first-order valence-corrected chi connectivity index (χ1v) is 10.3. The van der Waals surface area contributed by atoms with E-state index in [0.29, 0.717) is 21.5 Å². The standard InChI is InChI=1S/C23H16N6OS/c30-22(19-15-26-23(31-19)21-24-12-7-13-25-21)27-20-14-18(16-8-3-1-4-9-16)28-29(20)17-10-5-2-6-11-17/h1-15H,(H,27,30). The number of aromatic nitrogens is 5. The molecule has 0 spiro atoms. The minimum absolute atomic E-state index is 0.267. The van der Waals surface area contributed by atoms with Gasteiger partial charge >= 0.3 is 0 Å². The van der Waals surface area contributed by atoms with E-state index in [-0.39, 0.29) is 5.91 Å². The fourth-order valence-corrected chi connectivity index (χ4v) is 3.82. The lowest BCUT2D eigenvalue weighted by Gasteiger charge is -2.07. The first kappa shape index (κ1) is 18.8. The van der Waals surface area contributed by atoms with Gasteiger partial charge in [0.05, 0.1) is 17.6 Å². The van der Waals surface area contributed by atoms with Crippen LogP contribution in [0, 0.1) is 0 Å². The van der Waals surface area contributed by atoms with Gasteiger partial charge in [0.25, 0.3) is 5.91 Å². The molecule has 0 aliphatic rings. The molecule has 0 unspecified atom stereocenters. The molecule has 3 aromatic heterocycles. The summed E-state index contributed by atoms with van der Waals surface area (Å²) >= 11 is 1.24. The zero-order chi connectivity index (χ0) is 21.0. The zero-order valence-corrected chi connectivity index (χ0v) is 17.0. The van der Waals surface area contributed by atoms with Gasteiger partial charge in [-0.05, 0) is 18.2 Å². The average molecular weight is 424 g/mol. The molecule has 0 fully saturated rings. The highest BCUT2D eigenvalue weighted by Crippen LogP contribution is 2.27. The summed E-state index contributed by atoms with van der Waals surface area (Å²) in [6.45, 7) is 0. The van der Waals surface area contributed by atoms with Gasteiger partial charge < -0.3 is 5.32 Å². The summed E-state index contributed by atoms with van der Waals surface area (Å²) in [7, 11) is 0. The van der Waals surface area contributed by atoms with Crippen LogP contribution in [0.5, 0.6) is 0 Å². The second kappa shape index (κ2) is 8.29. The SMILES string of the molecule is O=C(Nc1cc(-c2ccccc2)nn1-c1ccccc1)c1cnc(-c2ncccn2)s1. The lowest BCUT2D eigenvalue weighted by atomic mass is 10.1. The molecule has 0 saturated carbocycles. The number of rotatable bonds is 5. The van der Waals surface area contributed by atoms with Gasteiger partial charge in [0.15, 0.2) is 10.8 Å². The van der Waals surface area contributed by atoms with Crippen molar-refractivity contribution in [1.82, 2.24) is 24.7 Å². The number of carbonyl (C=O) groups excluding carboxylic acids is 1. The van der Waals surface area contributed by atoms with Gasteiger partial charge in [-0.3, -0.25) is 4.79 Å². The Bertz CT molecular complexity index is 1320. The van der Waals surface area contributed by atoms with Crippen LogP contribution in [0.15, 0.2) is 91.4 Å². The third-order valence-corrected chi connectivity index (χ3v) is 5.50. The van der Waals surface area contributed by atoms with E-state index < -0.39 is 0 Å². The molecule has 2 aromatic carbocycles. The van der Waals surface area contributed by atoms with Crippen LogP contribution in [0.1, 0.15) is 9.67 Å². The summed E-state index contributed by atoms with van der Waals surface area (Å²) in [6, 6.07) is 23.1. The number of nitrogens with one attached hydrogen (secondary N) is 1. The third kappa shape index (κ3) is 3.96. The predicted octanol–water partition coefficient (Wildman–Crippen LogP) is 4.71. The number of hydrogen-bond acceptors (Lipinski definition) is 6. The van der Waals surface area contributed by atoms with E-state index in [0.717, 1.165) is 16.9 Å². The smallest absolute Gasteiger partial charge is 0.268 e. The molecule has 5 rings (SSSR count). The van der Waals surface area contributed by atoms with Gasteiger partial charge in [0, 0.05) is 24.0 Å². The van der Waals surface area contributed by atoms with Crippen LogP contribution in [0.2, 0.25) is 0 Å². The fraction of sp³-hybridized carbons (Fsp3) is 0. The van der Waals surface area contributed by atoms with Crippen molar-refractivity contribution in [3.8, 4) is 27.8 Å². The quantitative estimate of drug-likeness (QED) is 0.442. The molecule has 1 amide bonds. The first-order valence-electron chi connectivity index (χ1n) is 9.53. The Kier molecular flexibility index (Phi) is 5.04. The van der Waals surface area contributed by atoms with Crippen LogP contribution in [-0.2, 0) is 0 Å². The number of para-hydroxylation sites is 1. The maximum absolute atomic E-state index is 13.0. The van der Waals surface area contributed by atoms with E-state index in [1.807, 2.05) is 66.7 Å². The highest BCUT2D eigenvalue weighted by Gasteiger charge is 2.17. The zero-order valence-electron chi connectivity index (χ0n) is 16.2. The first-order chi connectivity index (χ1) is 15.3. The number of amides is 1. The monoisotopic (exact) mass is 424 g/mol. The molecule has 0 bridgehead atoms. The molecule has 31 heavy (non-hydrogen) atoms. The number of carbonyl (C=O) groups is 1. The van der Waals surface area contributed by atoms with Crippen LogP contribution >= 0.6 is 11.3 Å². The van der Waals surface area contributed by atoms with E-state index in [1.165, 1.54) is 17.5 Å². The number of nitrogens with zero attached hydrogens (tertiary/aromatic N) is 5. The van der Waals surface area contributed by atoms with Gasteiger partial charge in [0.1, 0.15) is 10.7 Å². The van der Waals surface area contributed by atoms with E-state index >= 15 is 0 Å². The molecule has 0 aliphatic heterocycles. The summed E-state index contributed by atoms with van der Waals surface area (Å²) in [5.41, 5.74) is 2.58. The molecular formula is C23H16N6OS. The van der Waals surface area contributed by atoms with Gasteiger partial charge in [0.2, 0.25) is 0 Å². The molecule has 0 atom stereocenters. The summed E-state index contributed by atoms with van der Waals surface area (Å²) < 4.78 is 1.72. The summed E-state index contributed by atoms with van der Waals surface area (Å²) in [4.78, 5) is 26.1. The molecule has 150 valence electrons. The van der Waals surface area contributed by atoms with E-state index in [1.54, 1.807) is 23.1 Å². The molecule has 1 N–H and O–H groups in total. The maximum atomic E-state index is 13.0. The van der Waals surface area contributed by atoms with Crippen molar-refractivity contribution in [2.45, 2.75) is 0 Å². The molecule has 7 nitrogen and oxygen atoms in total. The molecule has 5 aromatic rings. The van der Waals surface area contributed by atoms with Crippen LogP contribution < -0.4 is 5.32 Å². The topological polar surface area (TPSA) is 85.6 Å². The van der Waals surface area contributed by atoms with Crippen LogP contribution in [0.4, 0.5) is 5.82 Å². The highest BCUT2D eigenvalue weighted by atomic mass is 32.1. The number of benzene rings is 2. The van der Waals surface area contributed by atoms with E-state index in [2.05, 4.69) is 20.3 Å². The largest absolute Gasteiger partial charge is 0.306 e. The van der Waals surface area contributed by atoms with Crippen LogP contribution in [0.25, 0.3) is 27.8 Å². The Balaban J connectivity index is 1.48. The second-order valence-corrected chi connectivity index (χ2v) is 7.62. The predicted molar refractivity (Wildman–Crippen MR) is 120 cm³/mol. The van der Waals surface area contributed by atoms with Crippen molar-refractivity contribution in [2.24, 2.45) is 0 Å². The molecule has 0 saturated heterocycles. The van der Waals surface area contributed by atoms with Crippen molar-refractivity contribution in [3.63, 3.8) is 0 Å². The van der Waals surface area contributed by atoms with Gasteiger partial charge in [-0.25, -0.2) is 19.6 Å². The Hall–Kier alpha value is -4.17. The minimum Gasteiger partial charge on any atom is -0.306 e. The summed E-state index contributed by atoms with van der Waals surface area (Å²) in [5.74, 6) is 0.796. The van der Waals surface area contributed by atoms with Crippen molar-refractivity contribution in [3.05, 3.63) is 96.3 Å².